The summed E-state index contributed by atoms with van der Waals surface area (Å²) in [6.45, 7) is 1.88. The highest BCUT2D eigenvalue weighted by atomic mass is 35.5. The largest absolute Gasteiger partial charge is 0.399 e. The minimum atomic E-state index is -0.959. The number of hydrogen-bond acceptors (Lipinski definition) is 5. The number of nitrogens with zero attached hydrogens (tertiary/aromatic N) is 4. The van der Waals surface area contributed by atoms with Crippen molar-refractivity contribution in [2.45, 2.75) is 13.0 Å². The molecule has 0 saturated carbocycles. The zero-order valence-corrected chi connectivity index (χ0v) is 13.2. The smallest absolute Gasteiger partial charge is 0.183 e. The Labute approximate surface area is 128 Å². The predicted molar refractivity (Wildman–Crippen MR) is 81.3 cm³/mol. The van der Waals surface area contributed by atoms with Crippen LogP contribution in [0.2, 0.25) is 10.0 Å². The molecule has 0 amide bonds. The minimum Gasteiger partial charge on any atom is -0.399 e. The van der Waals surface area contributed by atoms with Gasteiger partial charge in [-0.05, 0) is 29.5 Å². The average Bonchev–Trinajstić information content (AvgIpc) is 2.81. The molecule has 0 fully saturated rings. The van der Waals surface area contributed by atoms with Crippen molar-refractivity contribution in [2.75, 3.05) is 17.7 Å². The molecule has 0 aliphatic rings. The van der Waals surface area contributed by atoms with Gasteiger partial charge < -0.3 is 5.73 Å². The SMILES string of the molecule is CC(CS(C)=O)n1nnnc1-c1cc(N)cc(Cl)c1Cl. The molecule has 108 valence electrons. The van der Waals surface area contributed by atoms with Gasteiger partial charge >= 0.3 is 0 Å². The molecular weight excluding hydrogens is 321 g/mol. The van der Waals surface area contributed by atoms with Gasteiger partial charge in [-0.2, -0.15) is 0 Å². The summed E-state index contributed by atoms with van der Waals surface area (Å²) in [6.07, 6.45) is 1.63. The van der Waals surface area contributed by atoms with Crippen LogP contribution in [0.1, 0.15) is 13.0 Å². The Morgan fingerprint density at radius 1 is 1.45 bits per heavy atom. The molecule has 1 heterocycles. The fourth-order valence-corrected chi connectivity index (χ4v) is 3.09. The molecule has 1 aromatic heterocycles. The molecule has 2 aromatic rings. The maximum Gasteiger partial charge on any atom is 0.183 e. The van der Waals surface area contributed by atoms with E-state index in [-0.39, 0.29) is 6.04 Å². The van der Waals surface area contributed by atoms with Crippen LogP contribution in [-0.2, 0) is 10.8 Å². The molecule has 0 aliphatic carbocycles. The van der Waals surface area contributed by atoms with Crippen molar-refractivity contribution in [3.05, 3.63) is 22.2 Å². The first-order chi connectivity index (χ1) is 9.40. The van der Waals surface area contributed by atoms with Crippen molar-refractivity contribution >= 4 is 39.7 Å². The van der Waals surface area contributed by atoms with Crippen LogP contribution in [0.3, 0.4) is 0 Å². The van der Waals surface area contributed by atoms with Gasteiger partial charge in [0, 0.05) is 34.1 Å². The zero-order chi connectivity index (χ0) is 14.9. The van der Waals surface area contributed by atoms with Crippen LogP contribution in [0.4, 0.5) is 5.69 Å². The number of hydrogen-bond donors (Lipinski definition) is 1. The first-order valence-electron chi connectivity index (χ1n) is 5.73. The van der Waals surface area contributed by atoms with Gasteiger partial charge in [0.1, 0.15) is 0 Å². The van der Waals surface area contributed by atoms with Crippen LogP contribution < -0.4 is 5.73 Å². The van der Waals surface area contributed by atoms with E-state index < -0.39 is 10.8 Å². The Hall–Kier alpha value is -1.18. The summed E-state index contributed by atoms with van der Waals surface area (Å²) in [6, 6.07) is 3.08. The fraction of sp³-hybridized carbons (Fsp3) is 0.364. The quantitative estimate of drug-likeness (QED) is 0.866. The molecule has 0 radical (unpaired) electrons. The fourth-order valence-electron chi connectivity index (χ4n) is 1.85. The zero-order valence-electron chi connectivity index (χ0n) is 10.9. The molecule has 0 spiro atoms. The van der Waals surface area contributed by atoms with Crippen molar-refractivity contribution < 1.29 is 4.21 Å². The lowest BCUT2D eigenvalue weighted by molar-refractivity contribution is 0.521. The summed E-state index contributed by atoms with van der Waals surface area (Å²) in [5, 5.41) is 12.2. The Morgan fingerprint density at radius 3 is 2.80 bits per heavy atom. The average molecular weight is 334 g/mol. The van der Waals surface area contributed by atoms with Crippen molar-refractivity contribution in [3.8, 4) is 11.4 Å². The van der Waals surface area contributed by atoms with Crippen molar-refractivity contribution in [2.24, 2.45) is 0 Å². The number of halogens is 2. The molecule has 0 saturated heterocycles. The van der Waals surface area contributed by atoms with E-state index in [0.717, 1.165) is 0 Å². The molecule has 20 heavy (non-hydrogen) atoms. The van der Waals surface area contributed by atoms with E-state index in [1.807, 2.05) is 6.92 Å². The van der Waals surface area contributed by atoms with Gasteiger partial charge in [-0.3, -0.25) is 4.21 Å². The number of benzene rings is 1. The highest BCUT2D eigenvalue weighted by Crippen LogP contribution is 2.35. The van der Waals surface area contributed by atoms with E-state index in [9.17, 15) is 4.21 Å². The Kier molecular flexibility index (Phi) is 4.62. The number of tetrazole rings is 1. The monoisotopic (exact) mass is 333 g/mol. The third-order valence-electron chi connectivity index (χ3n) is 2.68. The third kappa shape index (κ3) is 3.11. The van der Waals surface area contributed by atoms with E-state index in [2.05, 4.69) is 15.5 Å². The third-order valence-corrected chi connectivity index (χ3v) is 4.43. The standard InChI is InChI=1S/C11H13Cl2N5OS/c1-6(5-20(2)19)18-11(15-16-17-18)8-3-7(14)4-9(12)10(8)13/h3-4,6H,5,14H2,1-2H3. The van der Waals surface area contributed by atoms with Gasteiger partial charge in [0.05, 0.1) is 16.1 Å². The first-order valence-corrected chi connectivity index (χ1v) is 8.21. The van der Waals surface area contributed by atoms with Gasteiger partial charge in [0.15, 0.2) is 5.82 Å². The van der Waals surface area contributed by atoms with E-state index in [0.29, 0.717) is 32.9 Å². The number of nitrogen functional groups attached to an aromatic ring is 1. The number of aromatic nitrogens is 4. The summed E-state index contributed by atoms with van der Waals surface area (Å²) in [7, 11) is -0.959. The Balaban J connectivity index is 2.50. The molecule has 9 heteroatoms. The van der Waals surface area contributed by atoms with Gasteiger partial charge in [-0.25, -0.2) is 4.68 Å². The summed E-state index contributed by atoms with van der Waals surface area (Å²) in [4.78, 5) is 0. The van der Waals surface area contributed by atoms with Crippen molar-refractivity contribution in [1.29, 1.82) is 0 Å². The summed E-state index contributed by atoms with van der Waals surface area (Å²) in [5.74, 6) is 0.883. The lowest BCUT2D eigenvalue weighted by Gasteiger charge is -2.13. The summed E-state index contributed by atoms with van der Waals surface area (Å²) < 4.78 is 12.9. The van der Waals surface area contributed by atoms with Crippen LogP contribution >= 0.6 is 23.2 Å². The Morgan fingerprint density at radius 2 is 2.15 bits per heavy atom. The van der Waals surface area contributed by atoms with E-state index >= 15 is 0 Å². The van der Waals surface area contributed by atoms with Crippen LogP contribution in [-0.4, -0.2) is 36.4 Å². The van der Waals surface area contributed by atoms with Crippen LogP contribution in [0, 0.1) is 0 Å². The molecule has 2 rings (SSSR count). The lowest BCUT2D eigenvalue weighted by Crippen LogP contribution is -2.15. The molecule has 2 unspecified atom stereocenters. The number of nitrogens with two attached hydrogens (primary N) is 1. The maximum atomic E-state index is 11.3. The second-order valence-electron chi connectivity index (χ2n) is 4.40. The van der Waals surface area contributed by atoms with Crippen LogP contribution in [0.15, 0.2) is 12.1 Å². The minimum absolute atomic E-state index is 0.137. The van der Waals surface area contributed by atoms with Gasteiger partial charge in [0.2, 0.25) is 0 Å². The van der Waals surface area contributed by atoms with Gasteiger partial charge in [-0.15, -0.1) is 5.10 Å². The number of anilines is 1. The van der Waals surface area contributed by atoms with Crippen LogP contribution in [0.25, 0.3) is 11.4 Å². The molecule has 2 N–H and O–H groups in total. The van der Waals surface area contributed by atoms with Crippen LogP contribution in [0.5, 0.6) is 0 Å². The normalized spacial score (nSPS) is 14.2. The lowest BCUT2D eigenvalue weighted by atomic mass is 10.2. The molecule has 2 atom stereocenters. The van der Waals surface area contributed by atoms with Crippen molar-refractivity contribution in [1.82, 2.24) is 20.2 Å². The molecular formula is C11H13Cl2N5OS. The van der Waals surface area contributed by atoms with E-state index in [1.165, 1.54) is 0 Å². The second-order valence-corrected chi connectivity index (χ2v) is 6.67. The Bertz CT molecular complexity index is 660. The molecule has 0 aliphatic heterocycles. The maximum absolute atomic E-state index is 11.3. The topological polar surface area (TPSA) is 86.7 Å². The van der Waals surface area contributed by atoms with Crippen molar-refractivity contribution in [3.63, 3.8) is 0 Å². The van der Waals surface area contributed by atoms with Gasteiger partial charge in [0.25, 0.3) is 0 Å². The molecule has 0 bridgehead atoms. The van der Waals surface area contributed by atoms with Gasteiger partial charge in [-0.1, -0.05) is 23.2 Å². The highest BCUT2D eigenvalue weighted by Gasteiger charge is 2.19. The number of rotatable bonds is 4. The second kappa shape index (κ2) is 6.07. The van der Waals surface area contributed by atoms with E-state index in [4.69, 9.17) is 28.9 Å². The first kappa shape index (κ1) is 15.2. The van der Waals surface area contributed by atoms with E-state index in [1.54, 1.807) is 23.1 Å². The summed E-state index contributed by atoms with van der Waals surface area (Å²) in [5.41, 5.74) is 6.79. The summed E-state index contributed by atoms with van der Waals surface area (Å²) >= 11 is 12.2. The molecule has 6 nitrogen and oxygen atoms in total. The highest BCUT2D eigenvalue weighted by molar-refractivity contribution is 7.84. The predicted octanol–water partition coefficient (Wildman–Crippen LogP) is 2.17. The molecule has 1 aromatic carbocycles.